The van der Waals surface area contributed by atoms with Crippen molar-refractivity contribution in [1.82, 2.24) is 4.31 Å². The van der Waals surface area contributed by atoms with Gasteiger partial charge in [-0.25, -0.2) is 17.5 Å². The Hall–Kier alpha value is -4.42. The van der Waals surface area contributed by atoms with Gasteiger partial charge >= 0.3 is 6.03 Å². The normalized spacial score (nSPS) is 16.2. The molecule has 6 heteroatoms. The van der Waals surface area contributed by atoms with E-state index < -0.39 is 22.1 Å². The topological polar surface area (TPSA) is 57.7 Å². The van der Waals surface area contributed by atoms with Gasteiger partial charge in [-0.1, -0.05) is 109 Å². The molecule has 0 saturated heterocycles. The molecule has 1 aliphatic heterocycles. The minimum atomic E-state index is -4.21. The largest absolute Gasteiger partial charge is 0.343 e. The first-order chi connectivity index (χ1) is 17.9. The van der Waals surface area contributed by atoms with Crippen molar-refractivity contribution in [1.29, 1.82) is 0 Å². The van der Waals surface area contributed by atoms with Crippen LogP contribution in [-0.2, 0) is 10.0 Å². The van der Waals surface area contributed by atoms with Crippen LogP contribution >= 0.6 is 0 Å². The van der Waals surface area contributed by atoms with Crippen LogP contribution in [0.15, 0.2) is 138 Å². The molecular formula is C31H26N2O3S. The van der Waals surface area contributed by atoms with E-state index in [0.29, 0.717) is 16.8 Å². The first-order valence-electron chi connectivity index (χ1n) is 11.9. The average Bonchev–Trinajstić information content (AvgIpc) is 2.93. The van der Waals surface area contributed by atoms with Gasteiger partial charge in [-0.05, 0) is 47.9 Å². The number of carbonyl (C=O) groups excluding carboxylic acids is 1. The van der Waals surface area contributed by atoms with Crippen molar-refractivity contribution in [2.45, 2.75) is 17.9 Å². The molecule has 0 aromatic heterocycles. The molecule has 4 aromatic carbocycles. The second-order valence-corrected chi connectivity index (χ2v) is 10.6. The molecule has 1 aliphatic rings. The minimum Gasteiger partial charge on any atom is -0.269 e. The fourth-order valence-electron chi connectivity index (χ4n) is 4.32. The van der Waals surface area contributed by atoms with Crippen LogP contribution in [0, 0.1) is 6.92 Å². The molecule has 4 aromatic rings. The molecule has 0 bridgehead atoms. The number of urea groups is 1. The van der Waals surface area contributed by atoms with Crippen molar-refractivity contribution < 1.29 is 13.2 Å². The maximum absolute atomic E-state index is 14.1. The van der Waals surface area contributed by atoms with Crippen LogP contribution in [0.5, 0.6) is 0 Å². The van der Waals surface area contributed by atoms with Crippen molar-refractivity contribution in [3.8, 4) is 0 Å². The quantitative estimate of drug-likeness (QED) is 0.284. The standard InChI is InChI=1S/C31H26N2O3S/c1-24-17-21-29(22-18-24)37(35,36)33-30(26-13-7-3-8-14-26)27(20-19-25-11-5-2-6-12-25)23-32(31(33)34)28-15-9-4-10-16-28/h2-23,30H,1H3/b20-19+/t30-/m0/s1. The molecule has 0 N–H and O–H groups in total. The van der Waals surface area contributed by atoms with E-state index in [2.05, 4.69) is 0 Å². The Balaban J connectivity index is 1.72. The van der Waals surface area contributed by atoms with Gasteiger partial charge in [-0.3, -0.25) is 4.90 Å². The number of amides is 2. The Labute approximate surface area is 217 Å². The number of benzene rings is 4. The third-order valence-electron chi connectivity index (χ3n) is 6.22. The third kappa shape index (κ3) is 4.97. The fourth-order valence-corrected chi connectivity index (χ4v) is 5.84. The summed E-state index contributed by atoms with van der Waals surface area (Å²) in [6, 6.07) is 33.1. The van der Waals surface area contributed by atoms with Crippen molar-refractivity contribution in [3.63, 3.8) is 0 Å². The number of para-hydroxylation sites is 1. The van der Waals surface area contributed by atoms with Crippen molar-refractivity contribution in [2.75, 3.05) is 4.90 Å². The van der Waals surface area contributed by atoms with E-state index in [1.165, 1.54) is 4.90 Å². The molecular weight excluding hydrogens is 480 g/mol. The molecule has 37 heavy (non-hydrogen) atoms. The van der Waals surface area contributed by atoms with Crippen LogP contribution in [0.25, 0.3) is 6.08 Å². The molecule has 184 valence electrons. The van der Waals surface area contributed by atoms with Gasteiger partial charge in [0.25, 0.3) is 10.0 Å². The van der Waals surface area contributed by atoms with Crippen LogP contribution in [0.2, 0.25) is 0 Å². The van der Waals surface area contributed by atoms with Crippen LogP contribution < -0.4 is 4.90 Å². The lowest BCUT2D eigenvalue weighted by Crippen LogP contribution is -2.50. The molecule has 0 fully saturated rings. The maximum atomic E-state index is 14.1. The molecule has 0 spiro atoms. The number of carbonyl (C=O) groups is 1. The summed E-state index contributed by atoms with van der Waals surface area (Å²) < 4.78 is 29.2. The van der Waals surface area contributed by atoms with Gasteiger partial charge in [0.2, 0.25) is 0 Å². The zero-order chi connectivity index (χ0) is 25.8. The smallest absolute Gasteiger partial charge is 0.269 e. The van der Waals surface area contributed by atoms with Gasteiger partial charge < -0.3 is 0 Å². The molecule has 0 unspecified atom stereocenters. The van der Waals surface area contributed by atoms with Gasteiger partial charge in [-0.15, -0.1) is 0 Å². The number of sulfonamides is 1. The molecule has 0 radical (unpaired) electrons. The predicted molar refractivity (Wildman–Crippen MR) is 147 cm³/mol. The lowest BCUT2D eigenvalue weighted by atomic mass is 9.96. The Morgan fingerprint density at radius 1 is 0.703 bits per heavy atom. The summed E-state index contributed by atoms with van der Waals surface area (Å²) in [5.41, 5.74) is 3.83. The first kappa shape index (κ1) is 24.3. The lowest BCUT2D eigenvalue weighted by molar-refractivity contribution is 0.222. The molecule has 0 saturated carbocycles. The molecule has 0 aliphatic carbocycles. The molecule has 1 atom stereocenters. The SMILES string of the molecule is Cc1ccc(S(=O)(=O)N2C(=O)N(c3ccccc3)C=C(/C=C/c3ccccc3)[C@@H]2c2ccccc2)cc1. The number of nitrogens with zero attached hydrogens (tertiary/aromatic N) is 2. The van der Waals surface area contributed by atoms with Crippen molar-refractivity contribution >= 4 is 27.8 Å². The van der Waals surface area contributed by atoms with E-state index in [1.807, 2.05) is 97.9 Å². The summed E-state index contributed by atoms with van der Waals surface area (Å²) in [4.78, 5) is 15.5. The number of aryl methyl sites for hydroxylation is 1. The monoisotopic (exact) mass is 506 g/mol. The fraction of sp³-hybridized carbons (Fsp3) is 0.0645. The van der Waals surface area contributed by atoms with Crippen LogP contribution in [0.4, 0.5) is 10.5 Å². The third-order valence-corrected chi connectivity index (χ3v) is 7.97. The van der Waals surface area contributed by atoms with E-state index in [0.717, 1.165) is 15.4 Å². The number of hydrogen-bond acceptors (Lipinski definition) is 3. The van der Waals surface area contributed by atoms with Gasteiger partial charge in [-0.2, -0.15) is 0 Å². The predicted octanol–water partition coefficient (Wildman–Crippen LogP) is 6.96. The van der Waals surface area contributed by atoms with Crippen molar-refractivity contribution in [3.05, 3.63) is 150 Å². The summed E-state index contributed by atoms with van der Waals surface area (Å²) in [6.07, 6.45) is 5.54. The zero-order valence-electron chi connectivity index (χ0n) is 20.3. The minimum absolute atomic E-state index is 0.0636. The van der Waals surface area contributed by atoms with Crippen molar-refractivity contribution in [2.24, 2.45) is 0 Å². The Morgan fingerprint density at radius 3 is 1.89 bits per heavy atom. The zero-order valence-corrected chi connectivity index (χ0v) is 21.1. The van der Waals surface area contributed by atoms with E-state index in [1.54, 1.807) is 42.6 Å². The highest BCUT2D eigenvalue weighted by Crippen LogP contribution is 2.40. The molecule has 1 heterocycles. The van der Waals surface area contributed by atoms with E-state index in [9.17, 15) is 13.2 Å². The van der Waals surface area contributed by atoms with Gasteiger partial charge in [0.05, 0.1) is 10.6 Å². The summed E-state index contributed by atoms with van der Waals surface area (Å²) in [6.45, 7) is 1.89. The number of rotatable bonds is 6. The Bertz CT molecular complexity index is 1550. The maximum Gasteiger partial charge on any atom is 0.343 e. The highest BCUT2D eigenvalue weighted by Gasteiger charge is 2.43. The van der Waals surface area contributed by atoms with Crippen LogP contribution in [0.1, 0.15) is 22.7 Å². The first-order valence-corrected chi connectivity index (χ1v) is 13.4. The second-order valence-electron chi connectivity index (χ2n) is 8.79. The average molecular weight is 507 g/mol. The van der Waals surface area contributed by atoms with Crippen LogP contribution in [-0.4, -0.2) is 18.8 Å². The van der Waals surface area contributed by atoms with Gasteiger partial charge in [0.15, 0.2) is 0 Å². The molecule has 5 rings (SSSR count). The van der Waals surface area contributed by atoms with Gasteiger partial charge in [0.1, 0.15) is 6.04 Å². The highest BCUT2D eigenvalue weighted by atomic mass is 32.2. The number of anilines is 1. The second kappa shape index (κ2) is 10.3. The Morgan fingerprint density at radius 2 is 1.27 bits per heavy atom. The molecule has 5 nitrogen and oxygen atoms in total. The summed E-state index contributed by atoms with van der Waals surface area (Å²) in [5, 5.41) is 0. The highest BCUT2D eigenvalue weighted by molar-refractivity contribution is 7.89. The van der Waals surface area contributed by atoms with E-state index >= 15 is 0 Å². The van der Waals surface area contributed by atoms with E-state index in [4.69, 9.17) is 0 Å². The van der Waals surface area contributed by atoms with Gasteiger partial charge in [0, 0.05) is 6.20 Å². The summed E-state index contributed by atoms with van der Waals surface area (Å²) in [5.74, 6) is 0. The lowest BCUT2D eigenvalue weighted by Gasteiger charge is -2.39. The van der Waals surface area contributed by atoms with E-state index in [-0.39, 0.29) is 4.90 Å². The summed E-state index contributed by atoms with van der Waals surface area (Å²) in [7, 11) is -4.21. The number of hydrogen-bond donors (Lipinski definition) is 0. The van der Waals surface area contributed by atoms with Crippen LogP contribution in [0.3, 0.4) is 0 Å². The molecule has 2 amide bonds. The Kier molecular flexibility index (Phi) is 6.75. The summed E-state index contributed by atoms with van der Waals surface area (Å²) >= 11 is 0.